The number of hydrogen-bond acceptors (Lipinski definition) is 2. The summed E-state index contributed by atoms with van der Waals surface area (Å²) in [7, 11) is 3.70. The molecule has 1 aromatic carbocycles. The lowest BCUT2D eigenvalue weighted by Crippen LogP contribution is -2.51. The van der Waals surface area contributed by atoms with Crippen LogP contribution in [-0.2, 0) is 0 Å². The maximum Gasteiger partial charge on any atom is 0.194 e. The fourth-order valence-corrected chi connectivity index (χ4v) is 2.67. The second kappa shape index (κ2) is 5.92. The maximum atomic E-state index is 13.9. The molecule has 0 aliphatic heterocycles. The summed E-state index contributed by atoms with van der Waals surface area (Å²) in [6, 6.07) is 1.41. The first kappa shape index (κ1) is 16.0. The van der Waals surface area contributed by atoms with Gasteiger partial charge in [0.1, 0.15) is 0 Å². The Morgan fingerprint density at radius 2 is 1.63 bits per heavy atom. The molecule has 1 atom stereocenters. The van der Waals surface area contributed by atoms with Crippen LogP contribution in [0.1, 0.15) is 38.3 Å². The van der Waals surface area contributed by atoms with Crippen LogP contribution >= 0.6 is 0 Å². The molecule has 0 fully saturated rings. The molecule has 0 radical (unpaired) electrons. The fourth-order valence-electron chi connectivity index (χ4n) is 2.67. The zero-order valence-electron chi connectivity index (χ0n) is 11.8. The fraction of sp³-hybridized carbons (Fsp3) is 0.571. The highest BCUT2D eigenvalue weighted by molar-refractivity contribution is 5.26. The molecule has 0 aliphatic carbocycles. The van der Waals surface area contributed by atoms with E-state index in [9.17, 15) is 13.2 Å². The van der Waals surface area contributed by atoms with Crippen molar-refractivity contribution in [1.29, 1.82) is 0 Å². The van der Waals surface area contributed by atoms with Crippen LogP contribution in [0, 0.1) is 17.5 Å². The van der Waals surface area contributed by atoms with Crippen molar-refractivity contribution in [3.05, 3.63) is 35.1 Å². The molecular weight excluding hydrogens is 253 g/mol. The Balaban J connectivity index is 3.32. The normalized spacial score (nSPS) is 13.9. The number of rotatable bonds is 5. The van der Waals surface area contributed by atoms with Crippen molar-refractivity contribution in [2.75, 3.05) is 14.1 Å². The van der Waals surface area contributed by atoms with Crippen molar-refractivity contribution < 1.29 is 13.2 Å². The number of halogens is 3. The van der Waals surface area contributed by atoms with E-state index in [4.69, 9.17) is 5.73 Å². The number of likely N-dealkylation sites (N-methyl/N-ethyl adjacent to an activating group) is 1. The van der Waals surface area contributed by atoms with Gasteiger partial charge in [0.15, 0.2) is 17.5 Å². The molecule has 5 heteroatoms. The van der Waals surface area contributed by atoms with E-state index in [2.05, 4.69) is 0 Å². The summed E-state index contributed by atoms with van der Waals surface area (Å²) in [4.78, 5) is 1.92. The summed E-state index contributed by atoms with van der Waals surface area (Å²) >= 11 is 0. The van der Waals surface area contributed by atoms with Crippen LogP contribution in [0.4, 0.5) is 13.2 Å². The first-order chi connectivity index (χ1) is 8.81. The Hall–Kier alpha value is -1.07. The van der Waals surface area contributed by atoms with E-state index in [1.165, 1.54) is 6.07 Å². The highest BCUT2D eigenvalue weighted by atomic mass is 19.2. The molecule has 1 aromatic rings. The molecule has 0 aliphatic rings. The van der Waals surface area contributed by atoms with Gasteiger partial charge in [-0.1, -0.05) is 19.9 Å². The van der Waals surface area contributed by atoms with E-state index in [1.807, 2.05) is 32.8 Å². The SMILES string of the molecule is CCC(CC)(C(N)c1ccc(F)c(F)c1F)N(C)C. The van der Waals surface area contributed by atoms with Crippen molar-refractivity contribution in [3.8, 4) is 0 Å². The maximum absolute atomic E-state index is 13.9. The Labute approximate surface area is 112 Å². The molecule has 2 N–H and O–H groups in total. The third-order valence-electron chi connectivity index (χ3n) is 4.09. The van der Waals surface area contributed by atoms with Crippen molar-refractivity contribution >= 4 is 0 Å². The quantitative estimate of drug-likeness (QED) is 0.835. The highest BCUT2D eigenvalue weighted by Crippen LogP contribution is 2.35. The Morgan fingerprint density at radius 1 is 1.11 bits per heavy atom. The lowest BCUT2D eigenvalue weighted by molar-refractivity contribution is 0.104. The molecule has 0 saturated carbocycles. The monoisotopic (exact) mass is 274 g/mol. The van der Waals surface area contributed by atoms with E-state index in [-0.39, 0.29) is 5.56 Å². The van der Waals surface area contributed by atoms with Crippen molar-refractivity contribution in [3.63, 3.8) is 0 Å². The lowest BCUT2D eigenvalue weighted by Gasteiger charge is -2.43. The summed E-state index contributed by atoms with van der Waals surface area (Å²) in [5, 5.41) is 0. The smallest absolute Gasteiger partial charge is 0.194 e. The molecule has 0 bridgehead atoms. The summed E-state index contributed by atoms with van der Waals surface area (Å²) in [6.45, 7) is 3.89. The van der Waals surface area contributed by atoms with E-state index < -0.39 is 29.0 Å². The topological polar surface area (TPSA) is 29.3 Å². The predicted octanol–water partition coefficient (Wildman–Crippen LogP) is 3.22. The Morgan fingerprint density at radius 3 is 2.05 bits per heavy atom. The molecule has 0 amide bonds. The van der Waals surface area contributed by atoms with Crippen LogP contribution in [0.3, 0.4) is 0 Å². The lowest BCUT2D eigenvalue weighted by atomic mass is 9.80. The molecule has 0 saturated heterocycles. The first-order valence-electron chi connectivity index (χ1n) is 6.38. The molecule has 1 rings (SSSR count). The van der Waals surface area contributed by atoms with Gasteiger partial charge in [0.05, 0.1) is 6.04 Å². The van der Waals surface area contributed by atoms with Gasteiger partial charge in [-0.2, -0.15) is 0 Å². The van der Waals surface area contributed by atoms with Crippen molar-refractivity contribution in [2.45, 2.75) is 38.3 Å². The summed E-state index contributed by atoms with van der Waals surface area (Å²) < 4.78 is 40.2. The molecular formula is C14H21F3N2. The zero-order chi connectivity index (χ0) is 14.8. The van der Waals surface area contributed by atoms with Gasteiger partial charge in [-0.15, -0.1) is 0 Å². The van der Waals surface area contributed by atoms with Gasteiger partial charge < -0.3 is 10.6 Å². The van der Waals surface area contributed by atoms with E-state index in [0.717, 1.165) is 6.07 Å². The summed E-state index contributed by atoms with van der Waals surface area (Å²) in [6.07, 6.45) is 1.35. The first-order valence-corrected chi connectivity index (χ1v) is 6.38. The van der Waals surface area contributed by atoms with Gasteiger partial charge in [-0.05, 0) is 33.0 Å². The summed E-state index contributed by atoms with van der Waals surface area (Å²) in [5.41, 5.74) is 5.66. The van der Waals surface area contributed by atoms with Crippen LogP contribution in [0.15, 0.2) is 12.1 Å². The zero-order valence-corrected chi connectivity index (χ0v) is 11.8. The van der Waals surface area contributed by atoms with Crippen molar-refractivity contribution in [1.82, 2.24) is 4.90 Å². The second-order valence-electron chi connectivity index (χ2n) is 4.95. The Bertz CT molecular complexity index is 443. The van der Waals surface area contributed by atoms with E-state index in [0.29, 0.717) is 12.8 Å². The molecule has 1 unspecified atom stereocenters. The molecule has 2 nitrogen and oxygen atoms in total. The van der Waals surface area contributed by atoms with E-state index >= 15 is 0 Å². The number of benzene rings is 1. The molecule has 0 aromatic heterocycles. The summed E-state index contributed by atoms with van der Waals surface area (Å²) in [5.74, 6) is -3.86. The highest BCUT2D eigenvalue weighted by Gasteiger charge is 2.38. The molecule has 0 heterocycles. The molecule has 108 valence electrons. The van der Waals surface area contributed by atoms with Gasteiger partial charge in [0.25, 0.3) is 0 Å². The predicted molar refractivity (Wildman–Crippen MR) is 70.2 cm³/mol. The minimum absolute atomic E-state index is 0.0105. The Kier molecular flexibility index (Phi) is 4.98. The largest absolute Gasteiger partial charge is 0.322 e. The van der Waals surface area contributed by atoms with Crippen LogP contribution in [0.2, 0.25) is 0 Å². The minimum Gasteiger partial charge on any atom is -0.322 e. The van der Waals surface area contributed by atoms with E-state index in [1.54, 1.807) is 0 Å². The third kappa shape index (κ3) is 2.62. The molecule has 19 heavy (non-hydrogen) atoms. The average Bonchev–Trinajstić information content (AvgIpc) is 2.37. The third-order valence-corrected chi connectivity index (χ3v) is 4.09. The standard InChI is InChI=1S/C14H21F3N2/c1-5-14(6-2,19(3)4)13(18)9-7-8-10(15)12(17)11(9)16/h7-8,13H,5-6,18H2,1-4H3. The van der Waals surface area contributed by atoms with Crippen LogP contribution in [0.25, 0.3) is 0 Å². The van der Waals surface area contributed by atoms with Crippen LogP contribution < -0.4 is 5.73 Å². The van der Waals surface area contributed by atoms with Gasteiger partial charge in [0, 0.05) is 11.1 Å². The van der Waals surface area contributed by atoms with Crippen LogP contribution in [0.5, 0.6) is 0 Å². The number of nitrogens with two attached hydrogens (primary N) is 1. The van der Waals surface area contributed by atoms with Gasteiger partial charge in [-0.25, -0.2) is 13.2 Å². The number of hydrogen-bond donors (Lipinski definition) is 1. The van der Waals surface area contributed by atoms with Gasteiger partial charge in [-0.3, -0.25) is 0 Å². The van der Waals surface area contributed by atoms with Crippen LogP contribution in [-0.4, -0.2) is 24.5 Å². The van der Waals surface area contributed by atoms with Gasteiger partial charge in [0.2, 0.25) is 0 Å². The number of nitrogens with zero attached hydrogens (tertiary/aromatic N) is 1. The van der Waals surface area contributed by atoms with Gasteiger partial charge >= 0.3 is 0 Å². The average molecular weight is 274 g/mol. The minimum atomic E-state index is -1.46. The molecule has 0 spiro atoms. The second-order valence-corrected chi connectivity index (χ2v) is 4.95. The van der Waals surface area contributed by atoms with Crippen molar-refractivity contribution in [2.24, 2.45) is 5.73 Å².